The molecule has 2 heterocycles. The predicted molar refractivity (Wildman–Crippen MR) is 79.2 cm³/mol. The Labute approximate surface area is 121 Å². The quantitative estimate of drug-likeness (QED) is 0.909. The van der Waals surface area contributed by atoms with Gasteiger partial charge in [0.2, 0.25) is 0 Å². The molecule has 1 aliphatic rings. The largest absolute Gasteiger partial charge is 0.481 e. The van der Waals surface area contributed by atoms with Crippen LogP contribution in [0.15, 0.2) is 11.7 Å². The maximum absolute atomic E-state index is 11.0. The number of thiophene rings is 1. The third kappa shape index (κ3) is 2.47. The molecule has 6 heteroatoms. The molecular formula is C14H17N3O2S. The first-order valence-corrected chi connectivity index (χ1v) is 7.71. The minimum absolute atomic E-state index is 0.178. The molecule has 20 heavy (non-hydrogen) atoms. The van der Waals surface area contributed by atoms with Crippen molar-refractivity contribution in [3.8, 4) is 0 Å². The van der Waals surface area contributed by atoms with Crippen molar-refractivity contribution in [1.29, 1.82) is 0 Å². The van der Waals surface area contributed by atoms with Crippen LogP contribution in [0.5, 0.6) is 0 Å². The van der Waals surface area contributed by atoms with E-state index in [1.807, 2.05) is 6.92 Å². The normalized spacial score (nSPS) is 22.9. The number of fused-ring (bicyclic) bond motifs is 1. The smallest absolute Gasteiger partial charge is 0.306 e. The number of aromatic nitrogens is 2. The molecule has 0 aromatic carbocycles. The molecule has 0 bridgehead atoms. The van der Waals surface area contributed by atoms with Crippen molar-refractivity contribution in [2.75, 3.05) is 5.32 Å². The molecule has 0 unspecified atom stereocenters. The molecule has 0 aliphatic heterocycles. The fraction of sp³-hybridized carbons (Fsp3) is 0.500. The van der Waals surface area contributed by atoms with E-state index >= 15 is 0 Å². The Morgan fingerprint density at radius 2 is 2.10 bits per heavy atom. The third-order valence-electron chi connectivity index (χ3n) is 3.95. The summed E-state index contributed by atoms with van der Waals surface area (Å²) < 4.78 is 1.09. The van der Waals surface area contributed by atoms with Gasteiger partial charge in [-0.05, 0) is 43.6 Å². The van der Waals surface area contributed by atoms with E-state index in [2.05, 4.69) is 20.7 Å². The fourth-order valence-corrected chi connectivity index (χ4v) is 3.71. The lowest BCUT2D eigenvalue weighted by atomic mass is 9.86. The van der Waals surface area contributed by atoms with Gasteiger partial charge in [-0.3, -0.25) is 4.79 Å². The molecule has 2 N–H and O–H groups in total. The van der Waals surface area contributed by atoms with Crippen molar-refractivity contribution >= 4 is 33.3 Å². The van der Waals surface area contributed by atoms with Gasteiger partial charge < -0.3 is 10.4 Å². The molecule has 0 spiro atoms. The Hall–Kier alpha value is -1.69. The SMILES string of the molecule is Cc1csc2c(NC3CCC(C(=O)O)CC3)ncnc12. The third-order valence-corrected chi connectivity index (χ3v) is 5.04. The molecule has 1 saturated carbocycles. The molecule has 3 rings (SSSR count). The monoisotopic (exact) mass is 291 g/mol. The molecule has 1 aliphatic carbocycles. The van der Waals surface area contributed by atoms with Crippen molar-refractivity contribution in [3.63, 3.8) is 0 Å². The van der Waals surface area contributed by atoms with Crippen molar-refractivity contribution < 1.29 is 9.90 Å². The average Bonchev–Trinajstić information content (AvgIpc) is 2.82. The van der Waals surface area contributed by atoms with Gasteiger partial charge >= 0.3 is 5.97 Å². The number of aliphatic carboxylic acids is 1. The molecule has 2 aromatic heterocycles. The summed E-state index contributed by atoms with van der Waals surface area (Å²) in [4.78, 5) is 19.6. The number of carbonyl (C=O) groups is 1. The van der Waals surface area contributed by atoms with E-state index in [1.165, 1.54) is 5.56 Å². The predicted octanol–water partition coefficient (Wildman–Crippen LogP) is 3.06. The van der Waals surface area contributed by atoms with Crippen molar-refractivity contribution in [2.45, 2.75) is 38.6 Å². The second kappa shape index (κ2) is 5.36. The lowest BCUT2D eigenvalue weighted by Crippen LogP contribution is -2.29. The van der Waals surface area contributed by atoms with Gasteiger partial charge in [0.05, 0.1) is 16.1 Å². The van der Waals surface area contributed by atoms with Crippen LogP contribution in [0.25, 0.3) is 10.2 Å². The van der Waals surface area contributed by atoms with E-state index in [9.17, 15) is 4.79 Å². The highest BCUT2D eigenvalue weighted by Crippen LogP contribution is 2.31. The Balaban J connectivity index is 1.73. The second-order valence-electron chi connectivity index (χ2n) is 5.35. The second-order valence-corrected chi connectivity index (χ2v) is 6.23. The lowest BCUT2D eigenvalue weighted by molar-refractivity contribution is -0.142. The highest BCUT2D eigenvalue weighted by molar-refractivity contribution is 7.18. The summed E-state index contributed by atoms with van der Waals surface area (Å²) in [6, 6.07) is 0.311. The Bertz CT molecular complexity index is 632. The number of carboxylic acid groups (broad SMARTS) is 1. The van der Waals surface area contributed by atoms with Crippen LogP contribution in [0.3, 0.4) is 0 Å². The van der Waals surface area contributed by atoms with Gasteiger partial charge in [-0.15, -0.1) is 11.3 Å². The highest BCUT2D eigenvalue weighted by Gasteiger charge is 2.26. The Morgan fingerprint density at radius 1 is 1.35 bits per heavy atom. The van der Waals surface area contributed by atoms with E-state index in [0.717, 1.165) is 41.7 Å². The van der Waals surface area contributed by atoms with Crippen molar-refractivity contribution in [2.24, 2.45) is 5.92 Å². The number of rotatable bonds is 3. The summed E-state index contributed by atoms with van der Waals surface area (Å²) >= 11 is 1.65. The standard InChI is InChI=1S/C14H17N3O2S/c1-8-6-20-12-11(8)15-7-16-13(12)17-10-4-2-9(3-5-10)14(18)19/h6-7,9-10H,2-5H2,1H3,(H,18,19)(H,15,16,17). The van der Waals surface area contributed by atoms with Crippen LogP contribution in [0.1, 0.15) is 31.2 Å². The van der Waals surface area contributed by atoms with Gasteiger partial charge in [0.1, 0.15) is 12.1 Å². The number of carboxylic acids is 1. The first kappa shape index (κ1) is 13.3. The molecule has 0 amide bonds. The zero-order valence-electron chi connectivity index (χ0n) is 11.3. The van der Waals surface area contributed by atoms with Gasteiger partial charge in [0.15, 0.2) is 0 Å². The fourth-order valence-electron chi connectivity index (χ4n) is 2.75. The Morgan fingerprint density at radius 3 is 2.80 bits per heavy atom. The molecule has 0 atom stereocenters. The molecule has 2 aromatic rings. The van der Waals surface area contributed by atoms with Crippen molar-refractivity contribution in [3.05, 3.63) is 17.3 Å². The first-order chi connectivity index (χ1) is 9.65. The van der Waals surface area contributed by atoms with Crippen LogP contribution in [-0.4, -0.2) is 27.1 Å². The molecule has 0 radical (unpaired) electrons. The van der Waals surface area contributed by atoms with E-state index in [0.29, 0.717) is 6.04 Å². The summed E-state index contributed by atoms with van der Waals surface area (Å²) in [6.07, 6.45) is 4.84. The van der Waals surface area contributed by atoms with Crippen LogP contribution in [0, 0.1) is 12.8 Å². The number of anilines is 1. The van der Waals surface area contributed by atoms with Crippen LogP contribution < -0.4 is 5.32 Å². The van der Waals surface area contributed by atoms with Crippen molar-refractivity contribution in [1.82, 2.24) is 9.97 Å². The summed E-state index contributed by atoms with van der Waals surface area (Å²) in [5.74, 6) is 0.0380. The number of nitrogens with zero attached hydrogens (tertiary/aromatic N) is 2. The summed E-state index contributed by atoms with van der Waals surface area (Å²) in [5.41, 5.74) is 2.18. The highest BCUT2D eigenvalue weighted by atomic mass is 32.1. The van der Waals surface area contributed by atoms with Crippen LogP contribution >= 0.6 is 11.3 Å². The Kier molecular flexibility index (Phi) is 3.56. The maximum Gasteiger partial charge on any atom is 0.306 e. The molecular weight excluding hydrogens is 274 g/mol. The molecule has 106 valence electrons. The van der Waals surface area contributed by atoms with E-state index in [1.54, 1.807) is 17.7 Å². The van der Waals surface area contributed by atoms with Crippen LogP contribution in [-0.2, 0) is 4.79 Å². The minimum Gasteiger partial charge on any atom is -0.481 e. The molecule has 1 fully saturated rings. The van der Waals surface area contributed by atoms with Gasteiger partial charge in [-0.2, -0.15) is 0 Å². The molecule has 0 saturated heterocycles. The summed E-state index contributed by atoms with van der Waals surface area (Å²) in [7, 11) is 0. The number of nitrogens with one attached hydrogen (secondary N) is 1. The number of hydrogen-bond acceptors (Lipinski definition) is 5. The van der Waals surface area contributed by atoms with Crippen LogP contribution in [0.2, 0.25) is 0 Å². The number of hydrogen-bond donors (Lipinski definition) is 2. The first-order valence-electron chi connectivity index (χ1n) is 6.83. The maximum atomic E-state index is 11.0. The van der Waals surface area contributed by atoms with Gasteiger partial charge in [-0.1, -0.05) is 0 Å². The topological polar surface area (TPSA) is 75.1 Å². The lowest BCUT2D eigenvalue weighted by Gasteiger charge is -2.27. The van der Waals surface area contributed by atoms with Gasteiger partial charge in [-0.25, -0.2) is 9.97 Å². The van der Waals surface area contributed by atoms with Gasteiger partial charge in [0, 0.05) is 6.04 Å². The number of aryl methyl sites for hydroxylation is 1. The van der Waals surface area contributed by atoms with E-state index in [-0.39, 0.29) is 5.92 Å². The zero-order chi connectivity index (χ0) is 14.1. The van der Waals surface area contributed by atoms with Crippen LogP contribution in [0.4, 0.5) is 5.82 Å². The van der Waals surface area contributed by atoms with E-state index in [4.69, 9.17) is 5.11 Å². The summed E-state index contributed by atoms with van der Waals surface area (Å²) in [6.45, 7) is 2.05. The summed E-state index contributed by atoms with van der Waals surface area (Å²) in [5, 5.41) is 14.6. The molecule has 5 nitrogen and oxygen atoms in total. The van der Waals surface area contributed by atoms with E-state index < -0.39 is 5.97 Å². The minimum atomic E-state index is -0.665. The average molecular weight is 291 g/mol. The zero-order valence-corrected chi connectivity index (χ0v) is 12.1. The van der Waals surface area contributed by atoms with Gasteiger partial charge in [0.25, 0.3) is 0 Å².